The van der Waals surface area contributed by atoms with E-state index in [-0.39, 0.29) is 6.61 Å². The molecule has 0 N–H and O–H groups in total. The maximum Gasteiger partial charge on any atom is 0.338 e. The third-order valence-corrected chi connectivity index (χ3v) is 15.1. The van der Waals surface area contributed by atoms with Crippen LogP contribution in [0, 0.1) is 11.8 Å². The molecule has 0 amide bonds. The van der Waals surface area contributed by atoms with Gasteiger partial charge in [-0.3, -0.25) is 0 Å². The lowest BCUT2D eigenvalue weighted by molar-refractivity contribution is 0.00448. The minimum atomic E-state index is -0.582. The summed E-state index contributed by atoms with van der Waals surface area (Å²) >= 11 is 0. The Morgan fingerprint density at radius 3 is 1.12 bits per heavy atom. The average molecular weight is 881 g/mol. The molecule has 0 bridgehead atoms. The molecule has 0 radical (unpaired) electrons. The van der Waals surface area contributed by atoms with Crippen molar-refractivity contribution in [3.8, 4) is 22.3 Å². The Labute approximate surface area is 395 Å². The van der Waals surface area contributed by atoms with E-state index in [1.807, 2.05) is 48.5 Å². The number of hydrogen-bond donors (Lipinski definition) is 0. The summed E-state index contributed by atoms with van der Waals surface area (Å²) in [5.74, 6) is 2.32. The van der Waals surface area contributed by atoms with Crippen molar-refractivity contribution in [3.05, 3.63) is 119 Å². The zero-order chi connectivity index (χ0) is 45.5. The van der Waals surface area contributed by atoms with Crippen LogP contribution in [0.15, 0.2) is 97.1 Å². The largest absolute Gasteiger partial charge is 0.458 e. The van der Waals surface area contributed by atoms with Crippen LogP contribution in [-0.2, 0) is 9.47 Å². The van der Waals surface area contributed by atoms with Crippen molar-refractivity contribution >= 4 is 11.9 Å². The molecule has 4 nitrogen and oxygen atoms in total. The van der Waals surface area contributed by atoms with Crippen molar-refractivity contribution in [2.75, 3.05) is 6.61 Å². The average Bonchev–Trinajstić information content (AvgIpc) is 3.35. The molecule has 6 rings (SSSR count). The monoisotopic (exact) mass is 881 g/mol. The van der Waals surface area contributed by atoms with Crippen molar-refractivity contribution < 1.29 is 19.1 Å². The van der Waals surface area contributed by atoms with Crippen LogP contribution >= 0.6 is 0 Å². The van der Waals surface area contributed by atoms with E-state index in [1.165, 1.54) is 178 Å². The predicted octanol–water partition coefficient (Wildman–Crippen LogP) is 18.0. The summed E-state index contributed by atoms with van der Waals surface area (Å²) < 4.78 is 11.2. The molecule has 2 saturated carbocycles. The highest BCUT2D eigenvalue weighted by molar-refractivity contribution is 5.91. The van der Waals surface area contributed by atoms with E-state index >= 15 is 0 Å². The first kappa shape index (κ1) is 50.2. The quantitative estimate of drug-likeness (QED) is 0.0442. The van der Waals surface area contributed by atoms with Crippen LogP contribution in [0.3, 0.4) is 0 Å². The number of carbonyl (C=O) groups excluding carboxylic acids is 2. The van der Waals surface area contributed by atoms with E-state index in [4.69, 9.17) is 9.47 Å². The molecule has 2 aliphatic carbocycles. The summed E-state index contributed by atoms with van der Waals surface area (Å²) in [5, 5.41) is 0. The summed E-state index contributed by atoms with van der Waals surface area (Å²) in [6, 6.07) is 33.3. The van der Waals surface area contributed by atoms with E-state index in [9.17, 15) is 9.59 Å². The Balaban J connectivity index is 0.852. The zero-order valence-electron chi connectivity index (χ0n) is 40.8. The molecule has 0 aliphatic heterocycles. The van der Waals surface area contributed by atoms with Gasteiger partial charge >= 0.3 is 11.9 Å². The topological polar surface area (TPSA) is 52.6 Å². The van der Waals surface area contributed by atoms with E-state index < -0.39 is 18.0 Å². The van der Waals surface area contributed by atoms with Crippen LogP contribution in [0.1, 0.15) is 231 Å². The standard InChI is InChI=1S/C61H84O4/c1-4-6-8-10-12-14-16-18-20-48-22-26-50(27-23-48)52-30-34-54(35-31-52)56-38-42-58(43-39-56)60(62)64-46-47(3)65-61(63)59-44-40-57(41-45-59)55-36-32-53(33-37-55)51-28-24-49(25-29-51)21-19-17-15-13-11-9-7-5-2/h30-45,47-51H,4-29,46H2,1-3H3. The van der Waals surface area contributed by atoms with Gasteiger partial charge < -0.3 is 9.47 Å². The molecule has 0 spiro atoms. The molecular formula is C61H84O4. The van der Waals surface area contributed by atoms with Gasteiger partial charge in [-0.15, -0.1) is 0 Å². The summed E-state index contributed by atoms with van der Waals surface area (Å²) in [6.45, 7) is 6.32. The molecule has 4 aromatic carbocycles. The minimum Gasteiger partial charge on any atom is -0.458 e. The number of benzene rings is 4. The summed E-state index contributed by atoms with van der Waals surface area (Å²) in [4.78, 5) is 26.0. The second-order valence-electron chi connectivity index (χ2n) is 20.2. The van der Waals surface area contributed by atoms with Crippen molar-refractivity contribution in [3.63, 3.8) is 0 Å². The fourth-order valence-electron chi connectivity index (χ4n) is 10.8. The summed E-state index contributed by atoms with van der Waals surface area (Å²) in [7, 11) is 0. The predicted molar refractivity (Wildman–Crippen MR) is 273 cm³/mol. The van der Waals surface area contributed by atoms with Crippen LogP contribution in [0.5, 0.6) is 0 Å². The Bertz CT molecular complexity index is 1910. The molecule has 1 atom stereocenters. The van der Waals surface area contributed by atoms with Gasteiger partial charge in [0.15, 0.2) is 0 Å². The molecule has 2 fully saturated rings. The van der Waals surface area contributed by atoms with E-state index in [1.54, 1.807) is 6.92 Å². The molecular weight excluding hydrogens is 797 g/mol. The zero-order valence-corrected chi connectivity index (χ0v) is 40.8. The van der Waals surface area contributed by atoms with E-state index in [2.05, 4.69) is 62.4 Å². The highest BCUT2D eigenvalue weighted by Crippen LogP contribution is 2.40. The molecule has 352 valence electrons. The fraction of sp³-hybridized carbons (Fsp3) is 0.574. The molecule has 0 saturated heterocycles. The number of unbranched alkanes of at least 4 members (excludes halogenated alkanes) is 14. The summed E-state index contributed by atoms with van der Waals surface area (Å²) in [6.07, 6.45) is 35.4. The number of carbonyl (C=O) groups is 2. The van der Waals surface area contributed by atoms with Gasteiger partial charge in [0.1, 0.15) is 12.7 Å². The number of esters is 2. The minimum absolute atomic E-state index is 0.0137. The molecule has 0 heterocycles. The molecule has 4 aromatic rings. The van der Waals surface area contributed by atoms with Gasteiger partial charge in [0.25, 0.3) is 0 Å². The number of ether oxygens (including phenoxy) is 2. The second kappa shape index (κ2) is 28.1. The van der Waals surface area contributed by atoms with Gasteiger partial charge in [-0.05, 0) is 140 Å². The maximum absolute atomic E-state index is 13.0. The Morgan fingerprint density at radius 2 is 0.754 bits per heavy atom. The van der Waals surface area contributed by atoms with E-state index in [0.717, 1.165) is 34.1 Å². The number of rotatable bonds is 27. The van der Waals surface area contributed by atoms with Gasteiger partial charge in [0.2, 0.25) is 0 Å². The molecule has 1 unspecified atom stereocenters. The van der Waals surface area contributed by atoms with Crippen molar-refractivity contribution in [2.24, 2.45) is 11.8 Å². The Morgan fingerprint density at radius 1 is 0.431 bits per heavy atom. The SMILES string of the molecule is CCCCCCCCCCC1CCC(c2ccc(-c3ccc(C(=O)OCC(C)OC(=O)c4ccc(-c5ccc(C6CCC(CCCCCCCCCC)CC6)cc5)cc4)cc3)cc2)CC1. The lowest BCUT2D eigenvalue weighted by atomic mass is 9.77. The lowest BCUT2D eigenvalue weighted by Crippen LogP contribution is -2.22. The van der Waals surface area contributed by atoms with Crippen molar-refractivity contribution in [2.45, 2.75) is 206 Å². The van der Waals surface area contributed by atoms with Crippen LogP contribution in [0.25, 0.3) is 22.3 Å². The van der Waals surface area contributed by atoms with Gasteiger partial charge in [0.05, 0.1) is 11.1 Å². The van der Waals surface area contributed by atoms with Crippen LogP contribution in [0.2, 0.25) is 0 Å². The lowest BCUT2D eigenvalue weighted by Gasteiger charge is -2.29. The molecule has 4 heteroatoms. The normalized spacial score (nSPS) is 19.1. The van der Waals surface area contributed by atoms with Crippen molar-refractivity contribution in [1.82, 2.24) is 0 Å². The van der Waals surface area contributed by atoms with Gasteiger partial charge in [-0.25, -0.2) is 9.59 Å². The smallest absolute Gasteiger partial charge is 0.338 e. The first-order chi connectivity index (χ1) is 31.9. The third-order valence-electron chi connectivity index (χ3n) is 15.1. The first-order valence-corrected chi connectivity index (χ1v) is 26.7. The van der Waals surface area contributed by atoms with Gasteiger partial charge in [0, 0.05) is 0 Å². The van der Waals surface area contributed by atoms with Gasteiger partial charge in [-0.1, -0.05) is 202 Å². The van der Waals surface area contributed by atoms with Gasteiger partial charge in [-0.2, -0.15) is 0 Å². The molecule has 65 heavy (non-hydrogen) atoms. The summed E-state index contributed by atoms with van der Waals surface area (Å²) in [5.41, 5.74) is 8.32. The first-order valence-electron chi connectivity index (χ1n) is 26.7. The number of hydrogen-bond acceptors (Lipinski definition) is 4. The third kappa shape index (κ3) is 16.9. The Hall–Kier alpha value is -4.18. The van der Waals surface area contributed by atoms with Crippen LogP contribution < -0.4 is 0 Å². The van der Waals surface area contributed by atoms with Crippen molar-refractivity contribution in [1.29, 1.82) is 0 Å². The van der Waals surface area contributed by atoms with Crippen LogP contribution in [-0.4, -0.2) is 24.6 Å². The second-order valence-corrected chi connectivity index (χ2v) is 20.2. The Kier molecular flexibility index (Phi) is 21.7. The highest BCUT2D eigenvalue weighted by Gasteiger charge is 2.24. The molecule has 2 aliphatic rings. The maximum atomic E-state index is 13.0. The molecule has 0 aromatic heterocycles. The van der Waals surface area contributed by atoms with E-state index in [0.29, 0.717) is 23.0 Å². The highest BCUT2D eigenvalue weighted by atomic mass is 16.6. The van der Waals surface area contributed by atoms with Crippen LogP contribution in [0.4, 0.5) is 0 Å². The fourth-order valence-corrected chi connectivity index (χ4v) is 10.8.